The van der Waals surface area contributed by atoms with Crippen LogP contribution in [0.15, 0.2) is 0 Å². The highest BCUT2D eigenvalue weighted by Gasteiger charge is 2.30. The summed E-state index contributed by atoms with van der Waals surface area (Å²) in [7, 11) is 5.07. The van der Waals surface area contributed by atoms with Crippen molar-refractivity contribution in [2.24, 2.45) is 0 Å². The number of amides is 2. The molecule has 1 unspecified atom stereocenters. The van der Waals surface area contributed by atoms with E-state index in [4.69, 9.17) is 0 Å². The van der Waals surface area contributed by atoms with Crippen LogP contribution in [0.3, 0.4) is 0 Å². The van der Waals surface area contributed by atoms with Gasteiger partial charge in [0.15, 0.2) is 0 Å². The van der Waals surface area contributed by atoms with Gasteiger partial charge in [-0.2, -0.15) is 0 Å². The molecular weight excluding hydrogens is 208 g/mol. The van der Waals surface area contributed by atoms with Crippen LogP contribution in [0.4, 0.5) is 0 Å². The minimum atomic E-state index is -0.235. The molecule has 1 saturated heterocycles. The fraction of sp³-hybridized carbons (Fsp3) is 0.800. The monoisotopic (exact) mass is 228 g/mol. The van der Waals surface area contributed by atoms with Gasteiger partial charge >= 0.3 is 0 Å². The number of hydrogen-bond acceptors (Lipinski definition) is 4. The number of rotatable bonds is 3. The molecule has 1 fully saturated rings. The second kappa shape index (κ2) is 5.81. The first-order valence-electron chi connectivity index (χ1n) is 5.42. The zero-order valence-corrected chi connectivity index (χ0v) is 10.1. The lowest BCUT2D eigenvalue weighted by molar-refractivity contribution is -0.136. The molecule has 1 rings (SSSR count). The summed E-state index contributed by atoms with van der Waals surface area (Å²) in [4.78, 5) is 26.7. The summed E-state index contributed by atoms with van der Waals surface area (Å²) >= 11 is 0. The quantitative estimate of drug-likeness (QED) is 0.592. The van der Waals surface area contributed by atoms with Crippen LogP contribution in [0.5, 0.6) is 0 Å². The van der Waals surface area contributed by atoms with Crippen molar-refractivity contribution in [1.82, 2.24) is 20.4 Å². The minimum Gasteiger partial charge on any atom is -0.358 e. The largest absolute Gasteiger partial charge is 0.358 e. The number of carbonyl (C=O) groups excluding carboxylic acids is 2. The van der Waals surface area contributed by atoms with Crippen molar-refractivity contribution in [3.05, 3.63) is 0 Å². The molecule has 0 aromatic carbocycles. The summed E-state index contributed by atoms with van der Waals surface area (Å²) in [6.07, 6.45) is 0. The van der Waals surface area contributed by atoms with Gasteiger partial charge in [-0.15, -0.1) is 0 Å². The van der Waals surface area contributed by atoms with E-state index in [2.05, 4.69) is 10.6 Å². The van der Waals surface area contributed by atoms with E-state index in [0.29, 0.717) is 6.54 Å². The normalized spacial score (nSPS) is 21.6. The molecular formula is C10H20N4O2. The molecule has 0 aromatic rings. The Labute approximate surface area is 96.0 Å². The fourth-order valence-electron chi connectivity index (χ4n) is 1.74. The molecule has 6 heteroatoms. The second-order valence-electron chi connectivity index (χ2n) is 4.10. The third kappa shape index (κ3) is 3.18. The van der Waals surface area contributed by atoms with E-state index >= 15 is 0 Å². The predicted octanol–water partition coefficient (Wildman–Crippen LogP) is -1.91. The molecule has 1 atom stereocenters. The average Bonchev–Trinajstić information content (AvgIpc) is 2.28. The number of piperazine rings is 1. The molecule has 1 aliphatic rings. The van der Waals surface area contributed by atoms with Gasteiger partial charge in [0.1, 0.15) is 6.04 Å². The van der Waals surface area contributed by atoms with Gasteiger partial charge in [-0.25, -0.2) is 0 Å². The van der Waals surface area contributed by atoms with Crippen molar-refractivity contribution in [3.63, 3.8) is 0 Å². The standard InChI is InChI=1S/C10H20N4O2/c1-11-9(15)7-14-5-4-12-6-8(14)10(16)13(2)3/h8,12H,4-7H2,1-3H3,(H,11,15). The van der Waals surface area contributed by atoms with E-state index in [1.807, 2.05) is 4.90 Å². The van der Waals surface area contributed by atoms with Crippen LogP contribution in [0.1, 0.15) is 0 Å². The molecule has 0 saturated carbocycles. The zero-order chi connectivity index (χ0) is 12.1. The van der Waals surface area contributed by atoms with Gasteiger partial charge in [-0.3, -0.25) is 14.5 Å². The van der Waals surface area contributed by atoms with Gasteiger partial charge in [0.05, 0.1) is 6.54 Å². The Morgan fingerprint density at radius 3 is 2.75 bits per heavy atom. The highest BCUT2D eigenvalue weighted by molar-refractivity contribution is 5.83. The maximum absolute atomic E-state index is 11.9. The lowest BCUT2D eigenvalue weighted by atomic mass is 10.1. The molecule has 1 aliphatic heterocycles. The van der Waals surface area contributed by atoms with Crippen molar-refractivity contribution < 1.29 is 9.59 Å². The van der Waals surface area contributed by atoms with Gasteiger partial charge in [-0.1, -0.05) is 0 Å². The zero-order valence-electron chi connectivity index (χ0n) is 10.1. The Bertz CT molecular complexity index is 268. The Kier molecular flexibility index (Phi) is 4.70. The van der Waals surface area contributed by atoms with E-state index in [1.165, 1.54) is 0 Å². The Balaban J connectivity index is 2.63. The first-order valence-corrected chi connectivity index (χ1v) is 5.42. The average molecular weight is 228 g/mol. The van der Waals surface area contributed by atoms with Gasteiger partial charge in [-0.05, 0) is 0 Å². The maximum Gasteiger partial charge on any atom is 0.240 e. The summed E-state index contributed by atoms with van der Waals surface area (Å²) in [6.45, 7) is 2.42. The minimum absolute atomic E-state index is 0.0381. The van der Waals surface area contributed by atoms with Crippen molar-refractivity contribution >= 4 is 11.8 Å². The molecule has 0 bridgehead atoms. The molecule has 6 nitrogen and oxygen atoms in total. The van der Waals surface area contributed by atoms with Gasteiger partial charge in [0, 0.05) is 40.8 Å². The van der Waals surface area contributed by atoms with Gasteiger partial charge in [0.2, 0.25) is 11.8 Å². The summed E-state index contributed by atoms with van der Waals surface area (Å²) < 4.78 is 0. The molecule has 92 valence electrons. The lowest BCUT2D eigenvalue weighted by Gasteiger charge is -2.35. The van der Waals surface area contributed by atoms with Crippen LogP contribution in [0.2, 0.25) is 0 Å². The van der Waals surface area contributed by atoms with Crippen LogP contribution in [0, 0.1) is 0 Å². The Morgan fingerprint density at radius 2 is 2.19 bits per heavy atom. The fourth-order valence-corrected chi connectivity index (χ4v) is 1.74. The molecule has 2 N–H and O–H groups in total. The highest BCUT2D eigenvalue weighted by atomic mass is 16.2. The second-order valence-corrected chi connectivity index (χ2v) is 4.10. The number of nitrogens with one attached hydrogen (secondary N) is 2. The third-order valence-electron chi connectivity index (χ3n) is 2.71. The SMILES string of the molecule is CNC(=O)CN1CCNCC1C(=O)N(C)C. The molecule has 0 spiro atoms. The number of carbonyl (C=O) groups is 2. The Morgan fingerprint density at radius 1 is 1.50 bits per heavy atom. The van der Waals surface area contributed by atoms with Crippen LogP contribution in [0.25, 0.3) is 0 Å². The Hall–Kier alpha value is -1.14. The molecule has 2 amide bonds. The van der Waals surface area contributed by atoms with Crippen molar-refractivity contribution in [1.29, 1.82) is 0 Å². The summed E-state index contributed by atoms with van der Waals surface area (Å²) in [5.41, 5.74) is 0. The number of likely N-dealkylation sites (N-methyl/N-ethyl adjacent to an activating group) is 2. The molecule has 1 heterocycles. The summed E-state index contributed by atoms with van der Waals surface area (Å²) in [5.74, 6) is -0.0189. The van der Waals surface area contributed by atoms with Crippen molar-refractivity contribution in [2.75, 3.05) is 47.3 Å². The molecule has 0 aliphatic carbocycles. The first kappa shape index (κ1) is 12.9. The van der Waals surface area contributed by atoms with Crippen molar-refractivity contribution in [3.8, 4) is 0 Å². The van der Waals surface area contributed by atoms with Crippen LogP contribution in [-0.2, 0) is 9.59 Å². The van der Waals surface area contributed by atoms with E-state index in [9.17, 15) is 9.59 Å². The van der Waals surface area contributed by atoms with E-state index in [-0.39, 0.29) is 24.4 Å². The van der Waals surface area contributed by atoms with Crippen molar-refractivity contribution in [2.45, 2.75) is 6.04 Å². The first-order chi connectivity index (χ1) is 7.56. The topological polar surface area (TPSA) is 64.7 Å². The third-order valence-corrected chi connectivity index (χ3v) is 2.71. The molecule has 0 radical (unpaired) electrons. The van der Waals surface area contributed by atoms with Crippen LogP contribution < -0.4 is 10.6 Å². The maximum atomic E-state index is 11.9. The van der Waals surface area contributed by atoms with Gasteiger partial charge < -0.3 is 15.5 Å². The summed E-state index contributed by atoms with van der Waals surface area (Å²) in [5, 5.41) is 5.75. The van der Waals surface area contributed by atoms with E-state index < -0.39 is 0 Å². The predicted molar refractivity (Wildman–Crippen MR) is 61.0 cm³/mol. The summed E-state index contributed by atoms with van der Waals surface area (Å²) in [6, 6.07) is -0.235. The molecule has 16 heavy (non-hydrogen) atoms. The van der Waals surface area contributed by atoms with Crippen LogP contribution >= 0.6 is 0 Å². The smallest absolute Gasteiger partial charge is 0.240 e. The number of nitrogens with zero attached hydrogens (tertiary/aromatic N) is 2. The van der Waals surface area contributed by atoms with E-state index in [0.717, 1.165) is 13.1 Å². The number of hydrogen-bond donors (Lipinski definition) is 2. The van der Waals surface area contributed by atoms with Gasteiger partial charge in [0.25, 0.3) is 0 Å². The molecule has 0 aromatic heterocycles. The van der Waals surface area contributed by atoms with E-state index in [1.54, 1.807) is 26.0 Å². The van der Waals surface area contributed by atoms with Crippen LogP contribution in [-0.4, -0.2) is 75.0 Å². The highest BCUT2D eigenvalue weighted by Crippen LogP contribution is 2.05. The lowest BCUT2D eigenvalue weighted by Crippen LogP contribution is -2.59.